The average Bonchev–Trinajstić information content (AvgIpc) is 3.15. The number of aryl methyl sites for hydroxylation is 1. The molecule has 1 aromatic heterocycles. The van der Waals surface area contributed by atoms with Crippen LogP contribution in [0, 0.1) is 14.8 Å². The van der Waals surface area contributed by atoms with Crippen molar-refractivity contribution in [1.29, 1.82) is 0 Å². The number of thiophene rings is 1. The summed E-state index contributed by atoms with van der Waals surface area (Å²) in [7, 11) is -1.68. The molecule has 0 amide bonds. The van der Waals surface area contributed by atoms with E-state index in [1.54, 1.807) is 12.1 Å². The fourth-order valence-corrected chi connectivity index (χ4v) is 4.68. The zero-order chi connectivity index (χ0) is 16.5. The van der Waals surface area contributed by atoms with Crippen LogP contribution in [0.25, 0.3) is 10.1 Å². The van der Waals surface area contributed by atoms with Crippen LogP contribution in [0.1, 0.15) is 36.1 Å². The molecule has 8 heteroatoms. The van der Waals surface area contributed by atoms with E-state index in [1.165, 1.54) is 0 Å². The Morgan fingerprint density at radius 3 is 2.27 bits per heavy atom. The Kier molecular flexibility index (Phi) is 5.50. The molecule has 0 N–H and O–H groups in total. The van der Waals surface area contributed by atoms with Gasteiger partial charge in [0, 0.05) is 17.4 Å². The van der Waals surface area contributed by atoms with Crippen LogP contribution < -0.4 is 12.6 Å². The second kappa shape index (κ2) is 6.84. The lowest BCUT2D eigenvalue weighted by Gasteiger charge is -1.99. The quantitative estimate of drug-likeness (QED) is 0.725. The lowest BCUT2D eigenvalue weighted by atomic mass is 10.1. The van der Waals surface area contributed by atoms with Crippen LogP contribution in [-0.2, 0) is 11.9 Å². The number of alkyl halides is 3. The van der Waals surface area contributed by atoms with E-state index in [4.69, 9.17) is 12.6 Å². The van der Waals surface area contributed by atoms with E-state index < -0.39 is 30.8 Å². The van der Waals surface area contributed by atoms with Crippen molar-refractivity contribution in [1.82, 2.24) is 0 Å². The van der Waals surface area contributed by atoms with Gasteiger partial charge < -0.3 is 12.6 Å². The van der Waals surface area contributed by atoms with E-state index in [0.29, 0.717) is 9.58 Å². The largest absolute Gasteiger partial charge is 0.600 e. The van der Waals surface area contributed by atoms with Crippen molar-refractivity contribution in [3.05, 3.63) is 34.7 Å². The Labute approximate surface area is 133 Å². The van der Waals surface area contributed by atoms with Gasteiger partial charge in [0.25, 0.3) is 0 Å². The number of benzene rings is 1. The van der Waals surface area contributed by atoms with Crippen molar-refractivity contribution in [2.75, 3.05) is 0 Å². The first kappa shape index (κ1) is 17.7. The molecular weight excluding hydrogens is 385 g/mol. The van der Waals surface area contributed by atoms with Gasteiger partial charge in [0.05, 0.1) is 10.5 Å². The second-order valence-corrected chi connectivity index (χ2v) is 7.72. The Morgan fingerprint density at radius 1 is 1.23 bits per heavy atom. The summed E-state index contributed by atoms with van der Waals surface area (Å²) in [5.41, 5.74) is -3.10. The lowest BCUT2D eigenvalue weighted by molar-refractivity contribution is -1.73. The van der Waals surface area contributed by atoms with Crippen LogP contribution in [0.15, 0.2) is 24.3 Å². The van der Waals surface area contributed by atoms with Gasteiger partial charge in [0.1, 0.15) is 0 Å². The molecule has 1 heterocycles. The Balaban J connectivity index is 0.000000396. The summed E-state index contributed by atoms with van der Waals surface area (Å²) in [5, 5.41) is 0.836. The van der Waals surface area contributed by atoms with E-state index in [2.05, 4.69) is 0 Å². The van der Waals surface area contributed by atoms with Crippen molar-refractivity contribution in [3.63, 3.8) is 0 Å². The summed E-state index contributed by atoms with van der Waals surface area (Å²) >= 11 is -3.65. The number of halogens is 4. The van der Waals surface area contributed by atoms with E-state index in [-0.39, 0.29) is 5.92 Å². The highest BCUT2D eigenvalue weighted by atomic mass is 80.0. The molecule has 1 atom stereocenters. The first-order chi connectivity index (χ1) is 10.3. The molecule has 1 unspecified atom stereocenters. The molecule has 0 radical (unpaired) electrons. The zero-order valence-electron chi connectivity index (χ0n) is 11.7. The van der Waals surface area contributed by atoms with Crippen LogP contribution in [0.4, 0.5) is 13.2 Å². The molecule has 1 aliphatic carbocycles. The molecular formula is C14H14BrF3O3S. The third-order valence-corrected chi connectivity index (χ3v) is 5.67. The molecule has 0 spiro atoms. The minimum atomic E-state index is -4.13. The standard InChI is InChI=1S/C14H14F3S.BrO3/c1-2-9-4-3-5-12-11(9)8-13(10-6-7-10)18(12)14(15,16)17;2-1(3)4/h3-5,8,10H,2,6-7H2,1H3;/q+1;-1. The Hall–Kier alpha value is -0.670. The molecule has 0 aliphatic heterocycles. The van der Waals surface area contributed by atoms with Crippen LogP contribution >= 0.6 is 10.5 Å². The van der Waals surface area contributed by atoms with Gasteiger partial charge in [-0.1, -0.05) is 19.1 Å². The first-order valence-corrected chi connectivity index (χ1v) is 9.80. The predicted molar refractivity (Wildman–Crippen MR) is 69.1 cm³/mol. The summed E-state index contributed by atoms with van der Waals surface area (Å²) in [5.74, 6) is 0.173. The van der Waals surface area contributed by atoms with Crippen molar-refractivity contribution < 1.29 is 40.6 Å². The van der Waals surface area contributed by atoms with Gasteiger partial charge in [-0.2, -0.15) is 0 Å². The van der Waals surface area contributed by atoms with Crippen molar-refractivity contribution >= 4 is 20.6 Å². The van der Waals surface area contributed by atoms with Gasteiger partial charge in [0.15, 0.2) is 9.58 Å². The van der Waals surface area contributed by atoms with Gasteiger partial charge >= 0.3 is 5.51 Å². The topological polar surface area (TPSA) is 69.2 Å². The summed E-state index contributed by atoms with van der Waals surface area (Å²) in [6, 6.07) is 7.16. The molecule has 1 aromatic carbocycles. The van der Waals surface area contributed by atoms with E-state index in [9.17, 15) is 13.2 Å². The van der Waals surface area contributed by atoms with Crippen LogP contribution in [-0.4, -0.2) is 0 Å². The highest BCUT2D eigenvalue weighted by Crippen LogP contribution is 2.58. The number of rotatable bonds is 2. The molecule has 1 fully saturated rings. The minimum Gasteiger partial charge on any atom is -0.405 e. The average molecular weight is 399 g/mol. The fourth-order valence-electron chi connectivity index (χ4n) is 2.48. The lowest BCUT2D eigenvalue weighted by Crippen LogP contribution is -2.42. The molecule has 1 saturated carbocycles. The van der Waals surface area contributed by atoms with Gasteiger partial charge in [-0.05, 0) is 30.9 Å². The van der Waals surface area contributed by atoms with E-state index in [0.717, 1.165) is 30.2 Å². The maximum Gasteiger partial charge on any atom is 0.600 e. The third kappa shape index (κ3) is 3.99. The molecule has 22 heavy (non-hydrogen) atoms. The summed E-state index contributed by atoms with van der Waals surface area (Å²) < 4.78 is 65.9. The van der Waals surface area contributed by atoms with E-state index >= 15 is 0 Å². The Morgan fingerprint density at radius 2 is 1.82 bits per heavy atom. The summed E-state index contributed by atoms with van der Waals surface area (Å²) in [4.78, 5) is 0.624. The van der Waals surface area contributed by atoms with Crippen molar-refractivity contribution in [2.45, 2.75) is 37.6 Å². The maximum atomic E-state index is 13.3. The number of hydrogen-bond acceptors (Lipinski definition) is 3. The van der Waals surface area contributed by atoms with E-state index in [1.807, 2.05) is 19.1 Å². The molecule has 1 aliphatic rings. The van der Waals surface area contributed by atoms with Gasteiger partial charge in [-0.15, -0.1) is 13.2 Å². The molecule has 3 nitrogen and oxygen atoms in total. The molecule has 122 valence electrons. The number of hydrogen-bond donors (Lipinski definition) is 0. The van der Waals surface area contributed by atoms with Gasteiger partial charge in [-0.25, -0.2) is 0 Å². The molecule has 0 saturated heterocycles. The van der Waals surface area contributed by atoms with Crippen molar-refractivity contribution in [3.8, 4) is 0 Å². The predicted octanol–water partition coefficient (Wildman–Crippen LogP) is 1.94. The SMILES string of the molecule is CCc1cccc2c1cc(C1CC1)[s+]2C(F)(F)F.[O-][Br+2]([O-])[O-]. The first-order valence-electron chi connectivity index (χ1n) is 6.63. The fraction of sp³-hybridized carbons (Fsp3) is 0.429. The Bertz CT molecular complexity index is 648. The zero-order valence-corrected chi connectivity index (χ0v) is 14.1. The van der Waals surface area contributed by atoms with Gasteiger partial charge in [-0.3, -0.25) is 0 Å². The monoisotopic (exact) mass is 398 g/mol. The maximum absolute atomic E-state index is 13.3. The molecule has 0 bridgehead atoms. The normalized spacial score (nSPS) is 15.9. The number of fused-ring (bicyclic) bond motifs is 1. The van der Waals surface area contributed by atoms with Crippen LogP contribution in [0.2, 0.25) is 0 Å². The highest BCUT2D eigenvalue weighted by molar-refractivity contribution is 7.38. The second-order valence-electron chi connectivity index (χ2n) is 4.94. The van der Waals surface area contributed by atoms with Crippen LogP contribution in [0.5, 0.6) is 0 Å². The van der Waals surface area contributed by atoms with Crippen LogP contribution in [0.3, 0.4) is 0 Å². The highest BCUT2D eigenvalue weighted by Gasteiger charge is 2.51. The van der Waals surface area contributed by atoms with Crippen molar-refractivity contribution in [2.24, 2.45) is 0 Å². The minimum absolute atomic E-state index is 0.173. The smallest absolute Gasteiger partial charge is 0.405 e. The summed E-state index contributed by atoms with van der Waals surface area (Å²) in [6.07, 6.45) is 2.62. The molecule has 3 rings (SSSR count). The van der Waals surface area contributed by atoms with Gasteiger partial charge in [0.2, 0.25) is 14.8 Å². The molecule has 2 aromatic rings. The summed E-state index contributed by atoms with van der Waals surface area (Å²) in [6.45, 7) is 1.99. The third-order valence-electron chi connectivity index (χ3n) is 3.49.